The largest absolute Gasteiger partial charge is 0.333 e. The van der Waals surface area contributed by atoms with Crippen molar-refractivity contribution in [2.45, 2.75) is 6.92 Å². The van der Waals surface area contributed by atoms with Gasteiger partial charge in [-0.2, -0.15) is 4.98 Å². The topological polar surface area (TPSA) is 38.9 Å². The van der Waals surface area contributed by atoms with Gasteiger partial charge in [0.15, 0.2) is 0 Å². The van der Waals surface area contributed by atoms with Crippen molar-refractivity contribution in [3.8, 4) is 11.5 Å². The summed E-state index contributed by atoms with van der Waals surface area (Å²) in [5, 5.41) is 3.34. The number of benzene rings is 1. The summed E-state index contributed by atoms with van der Waals surface area (Å²) in [5.74, 6) is -0.308. The van der Waals surface area contributed by atoms with Gasteiger partial charge in [0.1, 0.15) is 5.82 Å². The fourth-order valence-corrected chi connectivity index (χ4v) is 1.22. The highest BCUT2D eigenvalue weighted by Crippen LogP contribution is 2.22. The molecule has 0 bridgehead atoms. The fraction of sp³-hybridized carbons (Fsp3) is 0.111. The highest BCUT2D eigenvalue weighted by atomic mass is 35.5. The van der Waals surface area contributed by atoms with Crippen LogP contribution in [0.25, 0.3) is 11.5 Å². The van der Waals surface area contributed by atoms with Gasteiger partial charge >= 0.3 is 0 Å². The zero-order chi connectivity index (χ0) is 10.1. The lowest BCUT2D eigenvalue weighted by Crippen LogP contribution is -1.85. The number of rotatable bonds is 1. The number of aryl methyl sites for hydroxylation is 1. The Bertz CT molecular complexity index is 470. The first-order valence-electron chi connectivity index (χ1n) is 3.92. The first-order valence-corrected chi connectivity index (χ1v) is 4.30. The quantitative estimate of drug-likeness (QED) is 0.730. The molecule has 14 heavy (non-hydrogen) atoms. The van der Waals surface area contributed by atoms with E-state index in [-0.39, 0.29) is 16.7 Å². The van der Waals surface area contributed by atoms with Crippen LogP contribution in [-0.4, -0.2) is 10.1 Å². The maximum absolute atomic E-state index is 13.4. The van der Waals surface area contributed by atoms with Crippen LogP contribution in [0.2, 0.25) is 5.28 Å². The summed E-state index contributed by atoms with van der Waals surface area (Å²) in [6, 6.07) is 4.73. The zero-order valence-electron chi connectivity index (χ0n) is 7.29. The Labute approximate surface area is 84.5 Å². The minimum Gasteiger partial charge on any atom is -0.333 e. The van der Waals surface area contributed by atoms with Gasteiger partial charge in [0.2, 0.25) is 0 Å². The SMILES string of the molecule is Cc1ccc(-c2nc(Cl)no2)c(F)c1. The van der Waals surface area contributed by atoms with Crippen molar-refractivity contribution in [1.29, 1.82) is 0 Å². The van der Waals surface area contributed by atoms with Gasteiger partial charge in [-0.05, 0) is 41.4 Å². The van der Waals surface area contributed by atoms with Crippen LogP contribution in [-0.2, 0) is 0 Å². The maximum Gasteiger partial charge on any atom is 0.264 e. The minimum atomic E-state index is -0.398. The summed E-state index contributed by atoms with van der Waals surface area (Å²) in [5.41, 5.74) is 1.09. The number of halogens is 2. The van der Waals surface area contributed by atoms with Gasteiger partial charge in [0, 0.05) is 0 Å². The number of aromatic nitrogens is 2. The summed E-state index contributed by atoms with van der Waals surface area (Å²) in [7, 11) is 0. The Morgan fingerprint density at radius 2 is 2.21 bits per heavy atom. The first-order chi connectivity index (χ1) is 6.66. The molecule has 0 aliphatic heterocycles. The number of nitrogens with zero attached hydrogens (tertiary/aromatic N) is 2. The van der Waals surface area contributed by atoms with Crippen LogP contribution in [0, 0.1) is 12.7 Å². The van der Waals surface area contributed by atoms with Gasteiger partial charge in [-0.25, -0.2) is 4.39 Å². The van der Waals surface area contributed by atoms with Crippen molar-refractivity contribution in [3.05, 3.63) is 34.9 Å². The average molecular weight is 213 g/mol. The molecule has 72 valence electrons. The summed E-state index contributed by atoms with van der Waals surface area (Å²) >= 11 is 5.46. The third-order valence-electron chi connectivity index (χ3n) is 1.76. The van der Waals surface area contributed by atoms with Gasteiger partial charge in [0.05, 0.1) is 5.56 Å². The van der Waals surface area contributed by atoms with E-state index in [1.54, 1.807) is 19.1 Å². The number of hydrogen-bond donors (Lipinski definition) is 0. The Hall–Kier alpha value is -1.42. The van der Waals surface area contributed by atoms with Crippen LogP contribution >= 0.6 is 11.6 Å². The Morgan fingerprint density at radius 1 is 1.43 bits per heavy atom. The lowest BCUT2D eigenvalue weighted by molar-refractivity contribution is 0.428. The van der Waals surface area contributed by atoms with E-state index in [1.165, 1.54) is 6.07 Å². The van der Waals surface area contributed by atoms with Crippen LogP contribution < -0.4 is 0 Å². The van der Waals surface area contributed by atoms with Crippen LogP contribution in [0.3, 0.4) is 0 Å². The minimum absolute atomic E-state index is 0.0278. The molecule has 3 nitrogen and oxygen atoms in total. The monoisotopic (exact) mass is 212 g/mol. The Balaban J connectivity index is 2.52. The lowest BCUT2D eigenvalue weighted by atomic mass is 10.1. The van der Waals surface area contributed by atoms with E-state index < -0.39 is 5.82 Å². The second-order valence-corrected chi connectivity index (χ2v) is 3.19. The molecule has 0 unspecified atom stereocenters. The predicted molar refractivity (Wildman–Crippen MR) is 49.4 cm³/mol. The molecule has 0 aliphatic carbocycles. The predicted octanol–water partition coefficient (Wildman–Crippen LogP) is 2.84. The molecule has 0 atom stereocenters. The summed E-state index contributed by atoms with van der Waals surface area (Å²) in [6.07, 6.45) is 0. The number of hydrogen-bond acceptors (Lipinski definition) is 3. The summed E-state index contributed by atoms with van der Waals surface area (Å²) in [4.78, 5) is 3.72. The molecule has 0 amide bonds. The van der Waals surface area contributed by atoms with Crippen molar-refractivity contribution in [2.75, 3.05) is 0 Å². The van der Waals surface area contributed by atoms with Crippen molar-refractivity contribution in [3.63, 3.8) is 0 Å². The molecule has 0 saturated carbocycles. The maximum atomic E-state index is 13.4. The molecule has 0 N–H and O–H groups in total. The van der Waals surface area contributed by atoms with E-state index in [2.05, 4.69) is 10.1 Å². The van der Waals surface area contributed by atoms with E-state index in [4.69, 9.17) is 16.1 Å². The molecule has 0 radical (unpaired) electrons. The molecular formula is C9H6ClFN2O. The standard InChI is InChI=1S/C9H6ClFN2O/c1-5-2-3-6(7(11)4-5)8-12-9(10)13-14-8/h2-4H,1H3. The van der Waals surface area contributed by atoms with Gasteiger partial charge < -0.3 is 4.52 Å². The molecule has 0 fully saturated rings. The molecule has 0 spiro atoms. The lowest BCUT2D eigenvalue weighted by Gasteiger charge is -1.97. The van der Waals surface area contributed by atoms with E-state index in [1.807, 2.05) is 0 Å². The molecule has 0 saturated heterocycles. The van der Waals surface area contributed by atoms with E-state index in [9.17, 15) is 4.39 Å². The van der Waals surface area contributed by atoms with Gasteiger partial charge in [0.25, 0.3) is 11.2 Å². The summed E-state index contributed by atoms with van der Waals surface area (Å²) in [6.45, 7) is 1.80. The normalized spacial score (nSPS) is 10.5. The zero-order valence-corrected chi connectivity index (χ0v) is 8.05. The molecule has 1 aromatic heterocycles. The summed E-state index contributed by atoms with van der Waals surface area (Å²) < 4.78 is 18.1. The average Bonchev–Trinajstić information content (AvgIpc) is 2.51. The van der Waals surface area contributed by atoms with Gasteiger partial charge in [-0.15, -0.1) is 0 Å². The molecule has 1 aromatic carbocycles. The van der Waals surface area contributed by atoms with Crippen molar-refractivity contribution >= 4 is 11.6 Å². The Morgan fingerprint density at radius 3 is 2.79 bits per heavy atom. The smallest absolute Gasteiger partial charge is 0.264 e. The molecule has 5 heteroatoms. The molecule has 0 aliphatic rings. The van der Waals surface area contributed by atoms with Crippen LogP contribution in [0.5, 0.6) is 0 Å². The third kappa shape index (κ3) is 1.61. The Kier molecular flexibility index (Phi) is 2.21. The van der Waals surface area contributed by atoms with E-state index in [0.29, 0.717) is 0 Å². The van der Waals surface area contributed by atoms with Crippen molar-refractivity contribution in [2.24, 2.45) is 0 Å². The second kappa shape index (κ2) is 3.38. The first kappa shape index (κ1) is 9.15. The molecule has 2 aromatic rings. The van der Waals surface area contributed by atoms with Gasteiger partial charge in [-0.1, -0.05) is 6.07 Å². The van der Waals surface area contributed by atoms with E-state index >= 15 is 0 Å². The van der Waals surface area contributed by atoms with Crippen LogP contribution in [0.15, 0.2) is 22.7 Å². The fourth-order valence-electron chi connectivity index (χ4n) is 1.11. The van der Waals surface area contributed by atoms with Crippen LogP contribution in [0.4, 0.5) is 4.39 Å². The van der Waals surface area contributed by atoms with E-state index in [0.717, 1.165) is 5.56 Å². The van der Waals surface area contributed by atoms with Crippen LogP contribution in [0.1, 0.15) is 5.56 Å². The molecular weight excluding hydrogens is 207 g/mol. The highest BCUT2D eigenvalue weighted by Gasteiger charge is 2.11. The molecule has 1 heterocycles. The second-order valence-electron chi connectivity index (χ2n) is 2.85. The van der Waals surface area contributed by atoms with Gasteiger partial charge in [-0.3, -0.25) is 0 Å². The van der Waals surface area contributed by atoms with Crippen molar-refractivity contribution < 1.29 is 8.91 Å². The third-order valence-corrected chi connectivity index (χ3v) is 1.91. The molecule has 2 rings (SSSR count). The highest BCUT2D eigenvalue weighted by molar-refractivity contribution is 6.28. The van der Waals surface area contributed by atoms with Crippen molar-refractivity contribution in [1.82, 2.24) is 10.1 Å².